The summed E-state index contributed by atoms with van der Waals surface area (Å²) >= 11 is 0. The maximum atomic E-state index is 14.8. The molecule has 1 unspecified atom stereocenters. The van der Waals surface area contributed by atoms with Crippen molar-refractivity contribution in [3.05, 3.63) is 83.9 Å². The van der Waals surface area contributed by atoms with E-state index >= 15 is 0 Å². The van der Waals surface area contributed by atoms with Gasteiger partial charge in [0.25, 0.3) is 0 Å². The van der Waals surface area contributed by atoms with Crippen LogP contribution >= 0.6 is 0 Å². The summed E-state index contributed by atoms with van der Waals surface area (Å²) in [6, 6.07) is 16.6. The van der Waals surface area contributed by atoms with Crippen molar-refractivity contribution in [3.8, 4) is 28.0 Å². The molecule has 0 aliphatic rings. The summed E-state index contributed by atoms with van der Waals surface area (Å²) in [6.45, 7) is 5.17. The van der Waals surface area contributed by atoms with E-state index in [-0.39, 0.29) is 16.9 Å². The Morgan fingerprint density at radius 2 is 1.41 bits per heavy atom. The van der Waals surface area contributed by atoms with Gasteiger partial charge in [-0.25, -0.2) is 8.78 Å². The second kappa shape index (κ2) is 13.0. The summed E-state index contributed by atoms with van der Waals surface area (Å²) in [5, 5.41) is 9.41. The Hall–Kier alpha value is -2.98. The van der Waals surface area contributed by atoms with Crippen molar-refractivity contribution in [1.82, 2.24) is 0 Å². The summed E-state index contributed by atoms with van der Waals surface area (Å²) in [6.07, 6.45) is 11.2. The molecule has 3 rings (SSSR count). The van der Waals surface area contributed by atoms with Crippen LogP contribution in [0, 0.1) is 11.6 Å². The highest BCUT2D eigenvalue weighted by Crippen LogP contribution is 2.32. The molecule has 1 N–H and O–H groups in total. The number of benzene rings is 3. The van der Waals surface area contributed by atoms with Crippen LogP contribution in [-0.2, 0) is 4.74 Å². The molecule has 0 radical (unpaired) electrons. The van der Waals surface area contributed by atoms with Gasteiger partial charge < -0.3 is 9.84 Å². The standard InChI is InChI=1S/C30H34F2O2/c1-3-4-8-21-34-22(2)9-6-5-7-10-23-11-13-24(14-12-23)27-19-20-28(30(32)29(27)31)25-15-17-26(33)18-16-25/h7,10-20,22,33H,3-6,8-9,21H2,1-2H3. The van der Waals surface area contributed by atoms with Crippen molar-refractivity contribution in [1.29, 1.82) is 0 Å². The largest absolute Gasteiger partial charge is 0.508 e. The van der Waals surface area contributed by atoms with Crippen LogP contribution in [0.5, 0.6) is 5.75 Å². The first-order valence-electron chi connectivity index (χ1n) is 12.2. The molecular formula is C30H34F2O2. The molecule has 0 spiro atoms. The predicted octanol–water partition coefficient (Wildman–Crippen LogP) is 8.78. The topological polar surface area (TPSA) is 29.5 Å². The average molecular weight is 465 g/mol. The van der Waals surface area contributed by atoms with E-state index in [0.29, 0.717) is 17.2 Å². The van der Waals surface area contributed by atoms with E-state index in [1.807, 2.05) is 24.3 Å². The van der Waals surface area contributed by atoms with E-state index in [1.54, 1.807) is 24.3 Å². The molecule has 0 aromatic heterocycles. The maximum absolute atomic E-state index is 14.8. The van der Waals surface area contributed by atoms with Crippen molar-refractivity contribution in [2.75, 3.05) is 6.61 Å². The first-order chi connectivity index (χ1) is 16.5. The summed E-state index contributed by atoms with van der Waals surface area (Å²) in [5.41, 5.74) is 2.55. The Bertz CT molecular complexity index is 1060. The smallest absolute Gasteiger partial charge is 0.167 e. The van der Waals surface area contributed by atoms with Gasteiger partial charge in [0.15, 0.2) is 11.6 Å². The van der Waals surface area contributed by atoms with Crippen molar-refractivity contribution in [3.63, 3.8) is 0 Å². The van der Waals surface area contributed by atoms with Crippen molar-refractivity contribution in [2.24, 2.45) is 0 Å². The predicted molar refractivity (Wildman–Crippen MR) is 137 cm³/mol. The normalized spacial score (nSPS) is 12.4. The fraction of sp³-hybridized carbons (Fsp3) is 0.333. The van der Waals surface area contributed by atoms with Crippen LogP contribution in [0.1, 0.15) is 57.9 Å². The highest BCUT2D eigenvalue weighted by Gasteiger charge is 2.16. The lowest BCUT2D eigenvalue weighted by molar-refractivity contribution is 0.0566. The Morgan fingerprint density at radius 1 is 0.824 bits per heavy atom. The van der Waals surface area contributed by atoms with E-state index in [9.17, 15) is 13.9 Å². The van der Waals surface area contributed by atoms with Crippen LogP contribution < -0.4 is 0 Å². The molecule has 0 amide bonds. The number of unbranched alkanes of at least 4 members (excludes halogenated alkanes) is 3. The zero-order valence-corrected chi connectivity index (χ0v) is 20.1. The number of aromatic hydroxyl groups is 1. The molecule has 3 aromatic rings. The number of ether oxygens (including phenoxy) is 1. The van der Waals surface area contributed by atoms with Gasteiger partial charge in [0.05, 0.1) is 6.10 Å². The Morgan fingerprint density at radius 3 is 2.00 bits per heavy atom. The summed E-state index contributed by atoms with van der Waals surface area (Å²) < 4.78 is 35.4. The number of phenols is 1. The monoisotopic (exact) mass is 464 g/mol. The Balaban J connectivity index is 1.55. The minimum atomic E-state index is -0.893. The minimum Gasteiger partial charge on any atom is -0.508 e. The Labute approximate surface area is 201 Å². The van der Waals surface area contributed by atoms with Gasteiger partial charge in [-0.1, -0.05) is 80.4 Å². The SMILES string of the molecule is CCCCCOC(C)CCCC=Cc1ccc(-c2ccc(-c3ccc(O)cc3)c(F)c2F)cc1. The zero-order chi connectivity index (χ0) is 24.3. The molecule has 180 valence electrons. The van der Waals surface area contributed by atoms with Gasteiger partial charge in [-0.2, -0.15) is 0 Å². The third-order valence-corrected chi connectivity index (χ3v) is 5.92. The van der Waals surface area contributed by atoms with Crippen LogP contribution in [-0.4, -0.2) is 17.8 Å². The van der Waals surface area contributed by atoms with Gasteiger partial charge in [0.1, 0.15) is 5.75 Å². The molecule has 4 heteroatoms. The van der Waals surface area contributed by atoms with Gasteiger partial charge in [-0.3, -0.25) is 0 Å². The number of hydrogen-bond acceptors (Lipinski definition) is 2. The molecule has 3 aromatic carbocycles. The lowest BCUT2D eigenvalue weighted by Gasteiger charge is -2.12. The van der Waals surface area contributed by atoms with Crippen LogP contribution in [0.3, 0.4) is 0 Å². The highest BCUT2D eigenvalue weighted by molar-refractivity contribution is 5.72. The second-order valence-corrected chi connectivity index (χ2v) is 8.68. The van der Waals surface area contributed by atoms with Gasteiger partial charge in [-0.05, 0) is 61.4 Å². The molecule has 34 heavy (non-hydrogen) atoms. The molecule has 1 atom stereocenters. The van der Waals surface area contributed by atoms with Gasteiger partial charge in [-0.15, -0.1) is 0 Å². The van der Waals surface area contributed by atoms with Gasteiger partial charge >= 0.3 is 0 Å². The summed E-state index contributed by atoms with van der Waals surface area (Å²) in [5.74, 6) is -1.69. The molecule has 0 bridgehead atoms. The third-order valence-electron chi connectivity index (χ3n) is 5.92. The molecular weight excluding hydrogens is 430 g/mol. The fourth-order valence-electron chi connectivity index (χ4n) is 3.87. The molecule has 2 nitrogen and oxygen atoms in total. The highest BCUT2D eigenvalue weighted by atomic mass is 19.2. The van der Waals surface area contributed by atoms with Crippen molar-refractivity contribution in [2.45, 2.75) is 58.5 Å². The van der Waals surface area contributed by atoms with Crippen LogP contribution in [0.2, 0.25) is 0 Å². The first kappa shape index (κ1) is 25.6. The lowest BCUT2D eigenvalue weighted by atomic mass is 9.98. The number of rotatable bonds is 12. The summed E-state index contributed by atoms with van der Waals surface area (Å²) in [4.78, 5) is 0. The minimum absolute atomic E-state index is 0.0803. The lowest BCUT2D eigenvalue weighted by Crippen LogP contribution is -2.08. The van der Waals surface area contributed by atoms with E-state index in [0.717, 1.165) is 37.9 Å². The molecule has 0 fully saturated rings. The fourth-order valence-corrected chi connectivity index (χ4v) is 3.87. The van der Waals surface area contributed by atoms with Crippen molar-refractivity contribution < 1.29 is 18.6 Å². The molecule has 0 aliphatic heterocycles. The van der Waals surface area contributed by atoms with Crippen LogP contribution in [0.25, 0.3) is 28.3 Å². The molecule has 0 heterocycles. The Kier molecular flexibility index (Phi) is 9.84. The van der Waals surface area contributed by atoms with E-state index in [4.69, 9.17) is 4.74 Å². The maximum Gasteiger partial charge on any atom is 0.167 e. The molecule has 0 saturated heterocycles. The van der Waals surface area contributed by atoms with E-state index in [1.165, 1.54) is 25.0 Å². The average Bonchev–Trinajstić information content (AvgIpc) is 2.84. The zero-order valence-electron chi connectivity index (χ0n) is 20.1. The number of halogens is 2. The number of phenolic OH excluding ortho intramolecular Hbond substituents is 1. The van der Waals surface area contributed by atoms with Crippen molar-refractivity contribution >= 4 is 6.08 Å². The van der Waals surface area contributed by atoms with Crippen LogP contribution in [0.15, 0.2) is 66.7 Å². The van der Waals surface area contributed by atoms with Gasteiger partial charge in [0, 0.05) is 17.7 Å². The van der Waals surface area contributed by atoms with Gasteiger partial charge in [0.2, 0.25) is 0 Å². The molecule has 0 aliphatic carbocycles. The molecule has 0 saturated carbocycles. The van der Waals surface area contributed by atoms with Crippen LogP contribution in [0.4, 0.5) is 8.78 Å². The third kappa shape index (κ3) is 7.26. The van der Waals surface area contributed by atoms with E-state index in [2.05, 4.69) is 26.0 Å². The number of allylic oxidation sites excluding steroid dienone is 1. The van der Waals surface area contributed by atoms with E-state index < -0.39 is 11.6 Å². The number of hydrogen-bond donors (Lipinski definition) is 1. The quantitative estimate of drug-likeness (QED) is 0.271. The first-order valence-corrected chi connectivity index (χ1v) is 12.2. The second-order valence-electron chi connectivity index (χ2n) is 8.68. The summed E-state index contributed by atoms with van der Waals surface area (Å²) in [7, 11) is 0.